The fraction of sp³-hybridized carbons (Fsp3) is 0. The first kappa shape index (κ1) is 9.44. The van der Waals surface area contributed by atoms with E-state index in [1.165, 1.54) is 0 Å². The van der Waals surface area contributed by atoms with Crippen molar-refractivity contribution < 1.29 is 52.4 Å². The second-order valence-electron chi connectivity index (χ2n) is 0.201. The Balaban J connectivity index is 0. The molecule has 0 aliphatic heterocycles. The molecular weight excluding hydrogens is 284 g/mol. The van der Waals surface area contributed by atoms with Crippen molar-refractivity contribution in [2.75, 3.05) is 0 Å². The first-order valence-electron chi connectivity index (χ1n) is 0.478. The Kier molecular flexibility index (Phi) is 9.64. The molecular formula is HClHgO3. The Hall–Kier alpha value is 1.11. The Labute approximate surface area is 52.5 Å². The van der Waals surface area contributed by atoms with Crippen LogP contribution in [-0.2, 0) is 27.7 Å². The molecule has 5 heavy (non-hydrogen) atoms. The molecule has 0 aromatic heterocycles. The summed E-state index contributed by atoms with van der Waals surface area (Å²) in [6.07, 6.45) is 0. The van der Waals surface area contributed by atoms with Gasteiger partial charge in [0.15, 0.2) is 0 Å². The van der Waals surface area contributed by atoms with Gasteiger partial charge in [0.1, 0.15) is 0 Å². The molecule has 1 N–H and O–H groups in total. The standard InChI is InChI=1S/ClHO3.Hg/c2-1(3)4;/h2H;. The average Bonchev–Trinajstić information content (AvgIpc) is 0.811. The van der Waals surface area contributed by atoms with E-state index < -0.39 is 10.8 Å². The van der Waals surface area contributed by atoms with Crippen LogP contribution in [0.25, 0.3) is 0 Å². The molecule has 0 bridgehead atoms. The summed E-state index contributed by atoms with van der Waals surface area (Å²) in [5.41, 5.74) is 0. The molecule has 0 aliphatic carbocycles. The first-order valence-corrected chi connectivity index (χ1v) is 1.43. The van der Waals surface area contributed by atoms with Crippen LogP contribution in [-0.4, -0.2) is 4.66 Å². The van der Waals surface area contributed by atoms with E-state index in [0.717, 1.165) is 0 Å². The normalized spacial score (nSPS) is 7.20. The fourth-order valence-corrected chi connectivity index (χ4v) is 0. The topological polar surface area (TPSA) is 66.3 Å². The molecule has 0 saturated carbocycles. The van der Waals surface area contributed by atoms with Crippen LogP contribution in [0.1, 0.15) is 0 Å². The molecule has 0 aromatic carbocycles. The third-order valence-electron chi connectivity index (χ3n) is 0. The van der Waals surface area contributed by atoms with Gasteiger partial charge in [-0.25, -0.2) is 0 Å². The molecule has 0 saturated heterocycles. The maximum Gasteiger partial charge on any atom is 0.282 e. The summed E-state index contributed by atoms with van der Waals surface area (Å²) in [6, 6.07) is 0. The predicted octanol–water partition coefficient (Wildman–Crippen LogP) is -2.94. The number of halogens is 1. The molecule has 0 rings (SSSR count). The zero-order valence-electron chi connectivity index (χ0n) is 2.35. The van der Waals surface area contributed by atoms with Gasteiger partial charge < -0.3 is 9.32 Å². The van der Waals surface area contributed by atoms with Gasteiger partial charge in [0.2, 0.25) is 0 Å². The van der Waals surface area contributed by atoms with Gasteiger partial charge in [0.25, 0.3) is 10.8 Å². The summed E-state index contributed by atoms with van der Waals surface area (Å²) in [5, 5.41) is 0. The molecule has 0 unspecified atom stereocenters. The van der Waals surface area contributed by atoms with E-state index in [4.69, 9.17) is 14.0 Å². The minimum atomic E-state index is -2.60. The second kappa shape index (κ2) is 5.11. The fourth-order valence-electron chi connectivity index (χ4n) is 0. The van der Waals surface area contributed by atoms with Crippen molar-refractivity contribution in [3.8, 4) is 0 Å². The van der Waals surface area contributed by atoms with Crippen LogP contribution >= 0.6 is 0 Å². The molecule has 3 nitrogen and oxygen atoms in total. The summed E-state index contributed by atoms with van der Waals surface area (Å²) in [6.45, 7) is 0. The second-order valence-corrected chi connectivity index (χ2v) is 0.603. The van der Waals surface area contributed by atoms with E-state index in [1.807, 2.05) is 0 Å². The van der Waals surface area contributed by atoms with Gasteiger partial charge in [-0.1, -0.05) is 0 Å². The van der Waals surface area contributed by atoms with Crippen molar-refractivity contribution in [3.05, 3.63) is 0 Å². The minimum Gasteiger partial charge on any atom is -0.321 e. The molecule has 0 aromatic rings. The van der Waals surface area contributed by atoms with Gasteiger partial charge >= 0.3 is 0 Å². The van der Waals surface area contributed by atoms with Crippen LogP contribution in [0.15, 0.2) is 0 Å². The minimum absolute atomic E-state index is 0. The zero-order valence-corrected chi connectivity index (χ0v) is 8.60. The summed E-state index contributed by atoms with van der Waals surface area (Å²) in [5.74, 6) is 0. The van der Waals surface area contributed by atoms with Crippen molar-refractivity contribution in [2.24, 2.45) is 0 Å². The molecule has 0 heterocycles. The van der Waals surface area contributed by atoms with Crippen molar-refractivity contribution in [1.29, 1.82) is 0 Å². The SMILES string of the molecule is [Hg].[O-][Cl+2]([O-])O. The molecule has 0 radical (unpaired) electrons. The zero-order chi connectivity index (χ0) is 3.58. The first-order chi connectivity index (χ1) is 1.73. The molecule has 0 spiro atoms. The maximum absolute atomic E-state index is 8.52. The van der Waals surface area contributed by atoms with Crippen LogP contribution in [0.4, 0.5) is 0 Å². The summed E-state index contributed by atoms with van der Waals surface area (Å²) in [7, 11) is -2.60. The summed E-state index contributed by atoms with van der Waals surface area (Å²) >= 11 is 0. The van der Waals surface area contributed by atoms with Crippen LogP contribution in [0.2, 0.25) is 0 Å². The van der Waals surface area contributed by atoms with Crippen molar-refractivity contribution in [2.45, 2.75) is 0 Å². The van der Waals surface area contributed by atoms with E-state index in [9.17, 15) is 0 Å². The van der Waals surface area contributed by atoms with Crippen molar-refractivity contribution in [3.63, 3.8) is 0 Å². The van der Waals surface area contributed by atoms with Crippen LogP contribution in [0.5, 0.6) is 0 Å². The van der Waals surface area contributed by atoms with Crippen LogP contribution < -0.4 is 9.32 Å². The Morgan fingerprint density at radius 2 is 1.40 bits per heavy atom. The van der Waals surface area contributed by atoms with Gasteiger partial charge in [-0.15, -0.1) is 0 Å². The number of hydrogen-bond donors (Lipinski definition) is 1. The molecule has 0 atom stereocenters. The third kappa shape index (κ3) is 40.3. The van der Waals surface area contributed by atoms with E-state index in [1.54, 1.807) is 0 Å². The number of hydrogen-bond acceptors (Lipinski definition) is 3. The molecule has 0 aliphatic rings. The molecule has 0 fully saturated rings. The Morgan fingerprint density at radius 1 is 1.40 bits per heavy atom. The van der Waals surface area contributed by atoms with Crippen LogP contribution in [0, 0.1) is 10.8 Å². The maximum atomic E-state index is 8.52. The third-order valence-corrected chi connectivity index (χ3v) is 0. The Morgan fingerprint density at radius 3 is 1.40 bits per heavy atom. The van der Waals surface area contributed by atoms with Crippen LogP contribution in [0.3, 0.4) is 0 Å². The monoisotopic (exact) mass is 286 g/mol. The predicted molar refractivity (Wildman–Crippen MR) is 2.22 cm³/mol. The van der Waals surface area contributed by atoms with E-state index >= 15 is 0 Å². The molecule has 0 amide bonds. The van der Waals surface area contributed by atoms with Gasteiger partial charge in [-0.2, -0.15) is 0 Å². The van der Waals surface area contributed by atoms with Gasteiger partial charge in [0.05, 0.1) is 0 Å². The molecule has 5 heteroatoms. The van der Waals surface area contributed by atoms with Gasteiger partial charge in [-0.05, 0) is 0 Å². The largest absolute Gasteiger partial charge is 0.321 e. The summed E-state index contributed by atoms with van der Waals surface area (Å²) < 4.78 is 24.0. The van der Waals surface area contributed by atoms with E-state index in [2.05, 4.69) is 0 Å². The van der Waals surface area contributed by atoms with Crippen molar-refractivity contribution >= 4 is 0 Å². The smallest absolute Gasteiger partial charge is 0.282 e. The number of rotatable bonds is 0. The average molecular weight is 285 g/mol. The quantitative estimate of drug-likeness (QED) is 0.484. The van der Waals surface area contributed by atoms with E-state index in [-0.39, 0.29) is 27.7 Å². The van der Waals surface area contributed by atoms with E-state index in [0.29, 0.717) is 0 Å². The van der Waals surface area contributed by atoms with Gasteiger partial charge in [-0.3, -0.25) is 0 Å². The van der Waals surface area contributed by atoms with Crippen molar-refractivity contribution in [1.82, 2.24) is 0 Å². The molecule has 28 valence electrons. The summed E-state index contributed by atoms with van der Waals surface area (Å²) in [4.78, 5) is 0. The van der Waals surface area contributed by atoms with Gasteiger partial charge in [0, 0.05) is 32.3 Å². The Bertz CT molecular complexity index is 11.6.